The maximum atomic E-state index is 12.9. The Bertz CT molecular complexity index is 985. The fourth-order valence-electron chi connectivity index (χ4n) is 2.92. The van der Waals surface area contributed by atoms with Crippen molar-refractivity contribution in [2.24, 2.45) is 0 Å². The molecule has 6 heteroatoms. The van der Waals surface area contributed by atoms with Crippen LogP contribution in [0.2, 0.25) is 0 Å². The molecule has 2 aromatic rings. The van der Waals surface area contributed by atoms with Gasteiger partial charge >= 0.3 is 5.97 Å². The van der Waals surface area contributed by atoms with E-state index in [1.807, 2.05) is 78.7 Å². The summed E-state index contributed by atoms with van der Waals surface area (Å²) in [5.74, 6) is -0.943. The van der Waals surface area contributed by atoms with E-state index in [1.54, 1.807) is 11.3 Å². The third kappa shape index (κ3) is 5.78. The number of thiophene rings is 1. The quantitative estimate of drug-likeness (QED) is 0.572. The zero-order valence-electron chi connectivity index (χ0n) is 17.1. The standard InChI is InChI=1S/C24H25NO4S/c1-17-8-10-19(11-9-17)23(26)22-7-3-4-14-25(22)15-5-6-20-12-13-21(30-20)16-29-18(2)24(27)28/h4-14,18H,3,15-16H2,1-2H3,(H,27,28)/b6-5+. The summed E-state index contributed by atoms with van der Waals surface area (Å²) >= 11 is 1.56. The van der Waals surface area contributed by atoms with E-state index in [2.05, 4.69) is 0 Å². The van der Waals surface area contributed by atoms with Gasteiger partial charge in [0.05, 0.1) is 12.3 Å². The summed E-state index contributed by atoms with van der Waals surface area (Å²) in [6.07, 6.45) is 9.88. The van der Waals surface area contributed by atoms with E-state index in [1.165, 1.54) is 6.92 Å². The van der Waals surface area contributed by atoms with Gasteiger partial charge in [-0.05, 0) is 38.5 Å². The molecule has 1 N–H and O–H groups in total. The molecule has 2 heterocycles. The Balaban J connectivity index is 1.59. The third-order valence-electron chi connectivity index (χ3n) is 4.68. The van der Waals surface area contributed by atoms with E-state index < -0.39 is 12.1 Å². The van der Waals surface area contributed by atoms with Crippen molar-refractivity contribution in [1.82, 2.24) is 4.90 Å². The molecule has 0 saturated carbocycles. The minimum absolute atomic E-state index is 0.0239. The van der Waals surface area contributed by atoms with Crippen molar-refractivity contribution >= 4 is 29.2 Å². The number of allylic oxidation sites excluding steroid dienone is 3. The highest BCUT2D eigenvalue weighted by Crippen LogP contribution is 2.21. The zero-order valence-corrected chi connectivity index (χ0v) is 17.9. The number of ether oxygens (including phenoxy) is 1. The van der Waals surface area contributed by atoms with Crippen LogP contribution < -0.4 is 0 Å². The van der Waals surface area contributed by atoms with Crippen molar-refractivity contribution in [3.63, 3.8) is 0 Å². The second-order valence-corrected chi connectivity index (χ2v) is 8.26. The molecule has 5 nitrogen and oxygen atoms in total. The first kappa shape index (κ1) is 21.7. The largest absolute Gasteiger partial charge is 0.479 e. The molecule has 0 spiro atoms. The molecule has 1 unspecified atom stereocenters. The number of aliphatic carboxylic acids is 1. The van der Waals surface area contributed by atoms with Gasteiger partial charge in [-0.1, -0.05) is 48.1 Å². The van der Waals surface area contributed by atoms with Crippen LogP contribution in [0, 0.1) is 6.92 Å². The molecule has 3 rings (SSSR count). The van der Waals surface area contributed by atoms with E-state index in [9.17, 15) is 9.59 Å². The van der Waals surface area contributed by atoms with Gasteiger partial charge in [0.15, 0.2) is 6.10 Å². The lowest BCUT2D eigenvalue weighted by atomic mass is 10.0. The number of carboxylic acids is 1. The van der Waals surface area contributed by atoms with Crippen LogP contribution in [0.4, 0.5) is 0 Å². The van der Waals surface area contributed by atoms with Gasteiger partial charge in [0.1, 0.15) is 0 Å². The number of ketones is 1. The second-order valence-electron chi connectivity index (χ2n) is 7.06. The second kappa shape index (κ2) is 10.2. The van der Waals surface area contributed by atoms with E-state index in [4.69, 9.17) is 9.84 Å². The molecule has 0 saturated heterocycles. The maximum Gasteiger partial charge on any atom is 0.332 e. The Morgan fingerprint density at radius 1 is 1.23 bits per heavy atom. The predicted octanol–water partition coefficient (Wildman–Crippen LogP) is 5.05. The molecule has 0 bridgehead atoms. The van der Waals surface area contributed by atoms with Crippen LogP contribution in [0.3, 0.4) is 0 Å². The fraction of sp³-hybridized carbons (Fsp3) is 0.250. The highest BCUT2D eigenvalue weighted by atomic mass is 32.1. The third-order valence-corrected chi connectivity index (χ3v) is 5.70. The summed E-state index contributed by atoms with van der Waals surface area (Å²) in [4.78, 5) is 27.7. The molecule has 0 aliphatic carbocycles. The number of carbonyl (C=O) groups is 2. The lowest BCUT2D eigenvalue weighted by Crippen LogP contribution is -2.24. The minimum Gasteiger partial charge on any atom is -0.479 e. The highest BCUT2D eigenvalue weighted by molar-refractivity contribution is 7.12. The molecule has 1 aromatic heterocycles. The molecule has 1 aromatic carbocycles. The van der Waals surface area contributed by atoms with E-state index in [-0.39, 0.29) is 12.4 Å². The summed E-state index contributed by atoms with van der Waals surface area (Å²) < 4.78 is 5.32. The Kier molecular flexibility index (Phi) is 7.38. The first-order valence-corrected chi connectivity index (χ1v) is 10.6. The summed E-state index contributed by atoms with van der Waals surface area (Å²) in [5, 5.41) is 8.88. The topological polar surface area (TPSA) is 66.8 Å². The SMILES string of the molecule is Cc1ccc(C(=O)C2=CCC=CN2C/C=C/c2ccc(COC(C)C(=O)O)s2)cc1. The molecule has 1 atom stereocenters. The normalized spacial score (nSPS) is 14.7. The van der Waals surface area contributed by atoms with Crippen LogP contribution in [0.15, 0.2) is 66.5 Å². The van der Waals surface area contributed by atoms with Crippen LogP contribution in [0.25, 0.3) is 6.08 Å². The molecule has 156 valence electrons. The lowest BCUT2D eigenvalue weighted by molar-refractivity contribution is -0.149. The average molecular weight is 424 g/mol. The van der Waals surface area contributed by atoms with Crippen molar-refractivity contribution in [1.29, 1.82) is 0 Å². The van der Waals surface area contributed by atoms with Crippen molar-refractivity contribution < 1.29 is 19.4 Å². The summed E-state index contributed by atoms with van der Waals surface area (Å²) in [7, 11) is 0. The summed E-state index contributed by atoms with van der Waals surface area (Å²) in [5.41, 5.74) is 2.51. The van der Waals surface area contributed by atoms with Crippen LogP contribution in [0.5, 0.6) is 0 Å². The first-order chi connectivity index (χ1) is 14.4. The van der Waals surface area contributed by atoms with E-state index >= 15 is 0 Å². The number of nitrogens with zero attached hydrogens (tertiary/aromatic N) is 1. The molecule has 30 heavy (non-hydrogen) atoms. The Morgan fingerprint density at radius 2 is 2.00 bits per heavy atom. The number of rotatable bonds is 9. The number of carboxylic acid groups (broad SMARTS) is 1. The molecule has 0 amide bonds. The smallest absolute Gasteiger partial charge is 0.332 e. The van der Waals surface area contributed by atoms with Gasteiger partial charge < -0.3 is 14.7 Å². The molecular formula is C24H25NO4S. The molecule has 0 radical (unpaired) electrons. The predicted molar refractivity (Wildman–Crippen MR) is 119 cm³/mol. The van der Waals surface area contributed by atoms with Crippen molar-refractivity contribution in [2.45, 2.75) is 33.0 Å². The van der Waals surface area contributed by atoms with Gasteiger partial charge in [0.25, 0.3) is 0 Å². The Hall–Kier alpha value is -2.96. The molecule has 1 aliphatic rings. The summed E-state index contributed by atoms with van der Waals surface area (Å²) in [6.45, 7) is 4.38. The van der Waals surface area contributed by atoms with Crippen LogP contribution in [-0.4, -0.2) is 34.4 Å². The van der Waals surface area contributed by atoms with Gasteiger partial charge in [-0.15, -0.1) is 11.3 Å². The number of hydrogen-bond donors (Lipinski definition) is 1. The number of benzene rings is 1. The maximum absolute atomic E-state index is 12.9. The van der Waals surface area contributed by atoms with Crippen LogP contribution >= 0.6 is 11.3 Å². The fourth-order valence-corrected chi connectivity index (χ4v) is 3.79. The van der Waals surface area contributed by atoms with Crippen LogP contribution in [-0.2, 0) is 16.1 Å². The van der Waals surface area contributed by atoms with Crippen molar-refractivity contribution in [2.75, 3.05) is 6.54 Å². The van der Waals surface area contributed by atoms with Gasteiger partial charge in [-0.2, -0.15) is 0 Å². The Labute approximate surface area is 180 Å². The highest BCUT2D eigenvalue weighted by Gasteiger charge is 2.18. The van der Waals surface area contributed by atoms with Gasteiger partial charge in [-0.3, -0.25) is 4.79 Å². The number of Topliss-reactive ketones (excluding diaryl/α,β-unsaturated/α-hetero) is 1. The van der Waals surface area contributed by atoms with Crippen molar-refractivity contribution in [3.05, 3.63) is 87.4 Å². The molecule has 1 aliphatic heterocycles. The van der Waals surface area contributed by atoms with E-state index in [0.717, 1.165) is 21.7 Å². The number of carbonyl (C=O) groups excluding carboxylic acids is 1. The number of hydrogen-bond acceptors (Lipinski definition) is 5. The molecular weight excluding hydrogens is 398 g/mol. The average Bonchev–Trinajstić information content (AvgIpc) is 3.20. The van der Waals surface area contributed by atoms with Gasteiger partial charge in [0.2, 0.25) is 5.78 Å². The Morgan fingerprint density at radius 3 is 2.73 bits per heavy atom. The lowest BCUT2D eigenvalue weighted by Gasteiger charge is -2.24. The first-order valence-electron chi connectivity index (χ1n) is 9.78. The minimum atomic E-state index is -0.967. The number of aryl methyl sites for hydroxylation is 1. The van der Waals surface area contributed by atoms with Crippen LogP contribution in [0.1, 0.15) is 39.0 Å². The van der Waals surface area contributed by atoms with Gasteiger partial charge in [0, 0.05) is 28.1 Å². The summed E-state index contributed by atoms with van der Waals surface area (Å²) in [6, 6.07) is 11.5. The van der Waals surface area contributed by atoms with Gasteiger partial charge in [-0.25, -0.2) is 4.79 Å². The zero-order chi connectivity index (χ0) is 21.5. The van der Waals surface area contributed by atoms with Crippen molar-refractivity contribution in [3.8, 4) is 0 Å². The van der Waals surface area contributed by atoms with E-state index in [0.29, 0.717) is 17.8 Å². The monoisotopic (exact) mass is 423 g/mol. The molecule has 0 fully saturated rings.